The van der Waals surface area contributed by atoms with Crippen molar-refractivity contribution in [2.24, 2.45) is 0 Å². The maximum absolute atomic E-state index is 9.02. The van der Waals surface area contributed by atoms with E-state index < -0.39 is 6.29 Å². The third-order valence-corrected chi connectivity index (χ3v) is 2.59. The first-order chi connectivity index (χ1) is 7.49. The summed E-state index contributed by atoms with van der Waals surface area (Å²) in [6.45, 7) is 2.01. The Hall–Kier alpha value is -1.52. The zero-order valence-corrected chi connectivity index (χ0v) is 9.56. The normalized spacial score (nSPS) is 11.4. The van der Waals surface area contributed by atoms with E-state index in [1.54, 1.807) is 6.07 Å². The molecule has 0 aliphatic rings. The molecule has 0 radical (unpaired) electrons. The van der Waals surface area contributed by atoms with E-state index in [0.29, 0.717) is 5.58 Å². The molecule has 1 heterocycles. The van der Waals surface area contributed by atoms with E-state index in [2.05, 4.69) is 0 Å². The van der Waals surface area contributed by atoms with Crippen molar-refractivity contribution in [1.82, 2.24) is 0 Å². The topological polar surface area (TPSA) is 56.8 Å². The maximum atomic E-state index is 9.02. The van der Waals surface area contributed by atoms with Crippen LogP contribution in [0.4, 0.5) is 5.69 Å². The lowest BCUT2D eigenvalue weighted by Crippen LogP contribution is -2.09. The molecule has 0 bridgehead atoms. The van der Waals surface area contributed by atoms with Gasteiger partial charge in [0.25, 0.3) is 0 Å². The molecular formula is C12H15NO3. The van der Waals surface area contributed by atoms with Crippen molar-refractivity contribution >= 4 is 16.7 Å². The van der Waals surface area contributed by atoms with Crippen LogP contribution in [0.5, 0.6) is 0 Å². The summed E-state index contributed by atoms with van der Waals surface area (Å²) in [7, 11) is 3.91. The Morgan fingerprint density at radius 3 is 2.44 bits per heavy atom. The monoisotopic (exact) mass is 221 g/mol. The maximum Gasteiger partial charge on any atom is 0.212 e. The molecule has 0 amide bonds. The number of rotatable bonds is 2. The Morgan fingerprint density at radius 2 is 1.88 bits per heavy atom. The molecule has 0 aliphatic heterocycles. The van der Waals surface area contributed by atoms with Crippen LogP contribution >= 0.6 is 0 Å². The third-order valence-electron chi connectivity index (χ3n) is 2.59. The molecule has 16 heavy (non-hydrogen) atoms. The molecule has 2 aromatic rings. The first kappa shape index (κ1) is 11.0. The summed E-state index contributed by atoms with van der Waals surface area (Å²) < 4.78 is 5.35. The highest BCUT2D eigenvalue weighted by atomic mass is 16.5. The van der Waals surface area contributed by atoms with Crippen molar-refractivity contribution < 1.29 is 14.6 Å². The zero-order chi connectivity index (χ0) is 11.9. The van der Waals surface area contributed by atoms with E-state index in [1.807, 2.05) is 38.1 Å². The number of anilines is 1. The van der Waals surface area contributed by atoms with Crippen LogP contribution in [0.15, 0.2) is 22.6 Å². The second-order valence-corrected chi connectivity index (χ2v) is 4.09. The fourth-order valence-corrected chi connectivity index (χ4v) is 1.82. The number of hydrogen-bond donors (Lipinski definition) is 2. The lowest BCUT2D eigenvalue weighted by molar-refractivity contribution is -0.0571. The van der Waals surface area contributed by atoms with Crippen molar-refractivity contribution in [3.63, 3.8) is 0 Å². The number of aliphatic hydroxyl groups is 2. The molecule has 0 aliphatic carbocycles. The van der Waals surface area contributed by atoms with Crippen LogP contribution in [-0.2, 0) is 0 Å². The van der Waals surface area contributed by atoms with Crippen LogP contribution < -0.4 is 4.90 Å². The van der Waals surface area contributed by atoms with Gasteiger partial charge in [0.15, 0.2) is 5.76 Å². The summed E-state index contributed by atoms with van der Waals surface area (Å²) in [6.07, 6.45) is -1.56. The summed E-state index contributed by atoms with van der Waals surface area (Å²) >= 11 is 0. The fourth-order valence-electron chi connectivity index (χ4n) is 1.82. The predicted molar refractivity (Wildman–Crippen MR) is 62.5 cm³/mol. The van der Waals surface area contributed by atoms with Gasteiger partial charge in [-0.15, -0.1) is 0 Å². The van der Waals surface area contributed by atoms with Crippen LogP contribution in [-0.4, -0.2) is 24.3 Å². The van der Waals surface area contributed by atoms with E-state index >= 15 is 0 Å². The van der Waals surface area contributed by atoms with Gasteiger partial charge in [-0.2, -0.15) is 0 Å². The summed E-state index contributed by atoms with van der Waals surface area (Å²) in [5.41, 5.74) is 2.84. The molecule has 86 valence electrons. The summed E-state index contributed by atoms with van der Waals surface area (Å²) in [6, 6.07) is 5.52. The SMILES string of the molecule is Cc1cc2cc(C(O)O)oc2cc1N(C)C. The Balaban J connectivity index is 2.61. The van der Waals surface area contributed by atoms with E-state index in [9.17, 15) is 0 Å². The van der Waals surface area contributed by atoms with E-state index in [1.165, 1.54) is 0 Å². The average Bonchev–Trinajstić information content (AvgIpc) is 2.58. The first-order valence-corrected chi connectivity index (χ1v) is 5.06. The lowest BCUT2D eigenvalue weighted by Gasteiger charge is -2.14. The number of benzene rings is 1. The Bertz CT molecular complexity index is 514. The van der Waals surface area contributed by atoms with E-state index in [4.69, 9.17) is 14.6 Å². The van der Waals surface area contributed by atoms with Gasteiger partial charge in [0, 0.05) is 31.2 Å². The fraction of sp³-hybridized carbons (Fsp3) is 0.333. The summed E-state index contributed by atoms with van der Waals surface area (Å²) in [4.78, 5) is 1.99. The van der Waals surface area contributed by atoms with Crippen LogP contribution in [0.25, 0.3) is 11.0 Å². The molecule has 0 saturated heterocycles. The molecule has 1 aromatic heterocycles. The van der Waals surface area contributed by atoms with Gasteiger partial charge in [-0.25, -0.2) is 0 Å². The van der Waals surface area contributed by atoms with E-state index in [0.717, 1.165) is 16.6 Å². The number of aliphatic hydroxyl groups excluding tert-OH is 1. The van der Waals surface area contributed by atoms with Gasteiger partial charge in [-0.1, -0.05) is 0 Å². The Morgan fingerprint density at radius 1 is 1.19 bits per heavy atom. The molecule has 2 N–H and O–H groups in total. The van der Waals surface area contributed by atoms with Gasteiger partial charge >= 0.3 is 0 Å². The van der Waals surface area contributed by atoms with Crippen molar-refractivity contribution in [3.8, 4) is 0 Å². The smallest absolute Gasteiger partial charge is 0.212 e. The Labute approximate surface area is 93.7 Å². The molecule has 0 atom stereocenters. The van der Waals surface area contributed by atoms with Gasteiger partial charge in [0.05, 0.1) is 0 Å². The first-order valence-electron chi connectivity index (χ1n) is 5.06. The van der Waals surface area contributed by atoms with Gasteiger partial charge in [0.1, 0.15) is 5.58 Å². The largest absolute Gasteiger partial charge is 0.456 e. The second kappa shape index (κ2) is 3.81. The van der Waals surface area contributed by atoms with Gasteiger partial charge in [-0.05, 0) is 24.6 Å². The highest BCUT2D eigenvalue weighted by Crippen LogP contribution is 2.29. The molecule has 0 unspecified atom stereocenters. The predicted octanol–water partition coefficient (Wildman–Crippen LogP) is 1.79. The van der Waals surface area contributed by atoms with Crippen molar-refractivity contribution in [2.45, 2.75) is 13.2 Å². The standard InChI is InChI=1S/C12H15NO3/c1-7-4-8-5-11(12(14)15)16-10(8)6-9(7)13(2)3/h4-6,12,14-15H,1-3H3. The minimum absolute atomic E-state index is 0.172. The van der Waals surface area contributed by atoms with Gasteiger partial charge < -0.3 is 19.5 Å². The average molecular weight is 221 g/mol. The number of nitrogens with zero attached hydrogens (tertiary/aromatic N) is 1. The van der Waals surface area contributed by atoms with Crippen LogP contribution in [0.2, 0.25) is 0 Å². The van der Waals surface area contributed by atoms with Gasteiger partial charge in [-0.3, -0.25) is 0 Å². The zero-order valence-electron chi connectivity index (χ0n) is 9.56. The highest BCUT2D eigenvalue weighted by molar-refractivity contribution is 5.83. The third kappa shape index (κ3) is 1.77. The molecule has 0 spiro atoms. The number of furan rings is 1. The number of hydrogen-bond acceptors (Lipinski definition) is 4. The van der Waals surface area contributed by atoms with Crippen LogP contribution in [0, 0.1) is 6.92 Å². The quantitative estimate of drug-likeness (QED) is 0.759. The van der Waals surface area contributed by atoms with E-state index in [-0.39, 0.29) is 5.76 Å². The van der Waals surface area contributed by atoms with Crippen LogP contribution in [0.3, 0.4) is 0 Å². The minimum atomic E-state index is -1.56. The molecule has 4 heteroatoms. The minimum Gasteiger partial charge on any atom is -0.456 e. The Kier molecular flexibility index (Phi) is 2.61. The molecule has 0 saturated carbocycles. The summed E-state index contributed by atoms with van der Waals surface area (Å²) in [5, 5.41) is 18.9. The number of fused-ring (bicyclic) bond motifs is 1. The summed E-state index contributed by atoms with van der Waals surface area (Å²) in [5.74, 6) is 0.172. The lowest BCUT2D eigenvalue weighted by atomic mass is 10.1. The van der Waals surface area contributed by atoms with Crippen LogP contribution in [0.1, 0.15) is 17.6 Å². The second-order valence-electron chi connectivity index (χ2n) is 4.09. The molecular weight excluding hydrogens is 206 g/mol. The molecule has 4 nitrogen and oxygen atoms in total. The molecule has 2 rings (SSSR count). The number of aryl methyl sites for hydroxylation is 1. The van der Waals surface area contributed by atoms with Crippen molar-refractivity contribution in [2.75, 3.05) is 19.0 Å². The molecule has 1 aromatic carbocycles. The van der Waals surface area contributed by atoms with Gasteiger partial charge in [0.2, 0.25) is 6.29 Å². The van der Waals surface area contributed by atoms with Crippen molar-refractivity contribution in [1.29, 1.82) is 0 Å². The molecule has 0 fully saturated rings. The highest BCUT2D eigenvalue weighted by Gasteiger charge is 2.12. The van der Waals surface area contributed by atoms with Crippen molar-refractivity contribution in [3.05, 3.63) is 29.5 Å².